The molecule has 16 heavy (non-hydrogen) atoms. The van der Waals surface area contributed by atoms with E-state index >= 15 is 0 Å². The van der Waals surface area contributed by atoms with Crippen LogP contribution < -0.4 is 21.5 Å². The minimum atomic E-state index is -0.610. The van der Waals surface area contributed by atoms with Crippen molar-refractivity contribution in [1.29, 1.82) is 0 Å². The third-order valence-corrected chi connectivity index (χ3v) is 2.53. The van der Waals surface area contributed by atoms with Gasteiger partial charge in [0, 0.05) is 12.7 Å². The number of nitrogens with zero attached hydrogens (tertiary/aromatic N) is 1. The number of amides is 3. The first-order valence-corrected chi connectivity index (χ1v) is 4.81. The van der Waals surface area contributed by atoms with Crippen molar-refractivity contribution < 1.29 is 9.59 Å². The molecule has 3 amide bonds. The summed E-state index contributed by atoms with van der Waals surface area (Å²) in [4.78, 5) is 24.1. The van der Waals surface area contributed by atoms with Crippen molar-refractivity contribution in [2.45, 2.75) is 6.42 Å². The van der Waals surface area contributed by atoms with Gasteiger partial charge in [-0.1, -0.05) is 0 Å². The zero-order chi connectivity index (χ0) is 11.7. The highest BCUT2D eigenvalue weighted by atomic mass is 16.2. The van der Waals surface area contributed by atoms with Crippen molar-refractivity contribution in [3.8, 4) is 0 Å². The molecule has 0 spiro atoms. The fourth-order valence-corrected chi connectivity index (χ4v) is 1.76. The normalized spacial score (nSPS) is 13.6. The van der Waals surface area contributed by atoms with Gasteiger partial charge < -0.3 is 5.32 Å². The van der Waals surface area contributed by atoms with Gasteiger partial charge in [0.25, 0.3) is 0 Å². The van der Waals surface area contributed by atoms with E-state index in [9.17, 15) is 9.59 Å². The van der Waals surface area contributed by atoms with E-state index in [0.29, 0.717) is 5.69 Å². The van der Waals surface area contributed by atoms with Crippen LogP contribution in [0.3, 0.4) is 0 Å². The van der Waals surface area contributed by atoms with Crippen molar-refractivity contribution in [3.05, 3.63) is 23.8 Å². The average molecular weight is 220 g/mol. The van der Waals surface area contributed by atoms with Crippen LogP contribution in [0, 0.1) is 0 Å². The van der Waals surface area contributed by atoms with Gasteiger partial charge in [0.1, 0.15) is 0 Å². The van der Waals surface area contributed by atoms with Gasteiger partial charge in [-0.25, -0.2) is 15.5 Å². The molecule has 6 nitrogen and oxygen atoms in total. The third kappa shape index (κ3) is 1.49. The number of nitrogens with two attached hydrogens (primary N) is 1. The summed E-state index contributed by atoms with van der Waals surface area (Å²) in [5.74, 6) is 4.75. The summed E-state index contributed by atoms with van der Waals surface area (Å²) in [5.41, 5.74) is 4.27. The largest absolute Gasteiger partial charge is 0.388 e. The minimum absolute atomic E-state index is 0.221. The number of rotatable bonds is 1. The second-order valence-corrected chi connectivity index (χ2v) is 3.45. The molecule has 2 rings (SSSR count). The molecule has 84 valence electrons. The Morgan fingerprint density at radius 2 is 2.25 bits per heavy atom. The van der Waals surface area contributed by atoms with Crippen LogP contribution in [-0.4, -0.2) is 19.0 Å². The number of fused-ring (bicyclic) bond motifs is 1. The Morgan fingerprint density at radius 3 is 2.88 bits per heavy atom. The molecule has 1 aromatic rings. The number of nitrogens with one attached hydrogen (secondary N) is 2. The van der Waals surface area contributed by atoms with Crippen LogP contribution in [0.15, 0.2) is 18.2 Å². The maximum absolute atomic E-state index is 11.6. The number of anilines is 2. The maximum Gasteiger partial charge on any atom is 0.342 e. The van der Waals surface area contributed by atoms with Gasteiger partial charge in [0.15, 0.2) is 0 Å². The van der Waals surface area contributed by atoms with E-state index in [0.717, 1.165) is 16.2 Å². The second-order valence-electron chi connectivity index (χ2n) is 3.45. The standard InChI is InChI=1S/C10H12N4O2/c1-12-7-2-3-8-6(4-7)5-9(15)14(8)10(16)13-11/h2-4,12H,5,11H2,1H3,(H,13,16). The van der Waals surface area contributed by atoms with Gasteiger partial charge in [0.05, 0.1) is 12.1 Å². The van der Waals surface area contributed by atoms with E-state index in [1.54, 1.807) is 19.2 Å². The van der Waals surface area contributed by atoms with Crippen molar-refractivity contribution in [2.75, 3.05) is 17.3 Å². The molecule has 0 bridgehead atoms. The Hall–Kier alpha value is -2.08. The predicted molar refractivity (Wildman–Crippen MR) is 59.9 cm³/mol. The van der Waals surface area contributed by atoms with Crippen LogP contribution in [0.2, 0.25) is 0 Å². The highest BCUT2D eigenvalue weighted by molar-refractivity contribution is 6.18. The number of urea groups is 1. The summed E-state index contributed by atoms with van der Waals surface area (Å²) >= 11 is 0. The summed E-state index contributed by atoms with van der Waals surface area (Å²) in [6.07, 6.45) is 0.221. The Morgan fingerprint density at radius 1 is 1.50 bits per heavy atom. The molecular formula is C10H12N4O2. The molecule has 4 N–H and O–H groups in total. The van der Waals surface area contributed by atoms with E-state index in [1.165, 1.54) is 0 Å². The Balaban J connectivity index is 2.42. The number of hydrogen-bond donors (Lipinski definition) is 3. The molecule has 1 aliphatic rings. The molecule has 0 fully saturated rings. The molecule has 0 saturated carbocycles. The molecule has 0 saturated heterocycles. The van der Waals surface area contributed by atoms with E-state index in [2.05, 4.69) is 5.32 Å². The number of hydrogen-bond acceptors (Lipinski definition) is 4. The fourth-order valence-electron chi connectivity index (χ4n) is 1.76. The third-order valence-electron chi connectivity index (χ3n) is 2.53. The van der Waals surface area contributed by atoms with Crippen molar-refractivity contribution >= 4 is 23.3 Å². The van der Waals surface area contributed by atoms with Crippen LogP contribution in [0.1, 0.15) is 5.56 Å². The van der Waals surface area contributed by atoms with Gasteiger partial charge in [0.2, 0.25) is 5.91 Å². The fraction of sp³-hybridized carbons (Fsp3) is 0.200. The van der Waals surface area contributed by atoms with Gasteiger partial charge in [-0.3, -0.25) is 10.2 Å². The molecule has 1 heterocycles. The van der Waals surface area contributed by atoms with E-state index in [4.69, 9.17) is 5.84 Å². The lowest BCUT2D eigenvalue weighted by molar-refractivity contribution is -0.116. The maximum atomic E-state index is 11.6. The first-order chi connectivity index (χ1) is 7.67. The SMILES string of the molecule is CNc1ccc2c(c1)CC(=O)N2C(=O)NN. The van der Waals surface area contributed by atoms with Crippen molar-refractivity contribution in [1.82, 2.24) is 5.43 Å². The molecule has 0 radical (unpaired) electrons. The Labute approximate surface area is 92.4 Å². The van der Waals surface area contributed by atoms with Crippen LogP contribution in [0.25, 0.3) is 0 Å². The lowest BCUT2D eigenvalue weighted by Gasteiger charge is -2.14. The Kier molecular flexibility index (Phi) is 2.49. The van der Waals surface area contributed by atoms with Gasteiger partial charge in [-0.15, -0.1) is 0 Å². The lowest BCUT2D eigenvalue weighted by Crippen LogP contribution is -2.45. The monoisotopic (exact) mass is 220 g/mol. The summed E-state index contributed by atoms with van der Waals surface area (Å²) in [6, 6.07) is 4.76. The van der Waals surface area contributed by atoms with E-state index in [-0.39, 0.29) is 12.3 Å². The summed E-state index contributed by atoms with van der Waals surface area (Å²) < 4.78 is 0. The number of hydrazine groups is 1. The smallest absolute Gasteiger partial charge is 0.342 e. The predicted octanol–water partition coefficient (Wildman–Crippen LogP) is 0.201. The topological polar surface area (TPSA) is 87.5 Å². The number of imide groups is 1. The quantitative estimate of drug-likeness (QED) is 0.358. The number of carbonyl (C=O) groups excluding carboxylic acids is 2. The van der Waals surface area contributed by atoms with Crippen LogP contribution in [0.5, 0.6) is 0 Å². The van der Waals surface area contributed by atoms with Gasteiger partial charge >= 0.3 is 6.03 Å². The second kappa shape index (κ2) is 3.82. The number of benzene rings is 1. The lowest BCUT2D eigenvalue weighted by atomic mass is 10.1. The van der Waals surface area contributed by atoms with Gasteiger partial charge in [-0.2, -0.15) is 0 Å². The minimum Gasteiger partial charge on any atom is -0.388 e. The zero-order valence-electron chi connectivity index (χ0n) is 8.78. The van der Waals surface area contributed by atoms with Crippen LogP contribution >= 0.6 is 0 Å². The molecule has 0 aliphatic carbocycles. The molecule has 0 unspecified atom stereocenters. The van der Waals surface area contributed by atoms with E-state index in [1.807, 2.05) is 11.5 Å². The first kappa shape index (κ1) is 10.4. The zero-order valence-corrected chi connectivity index (χ0v) is 8.78. The molecule has 6 heteroatoms. The van der Waals surface area contributed by atoms with E-state index < -0.39 is 6.03 Å². The first-order valence-electron chi connectivity index (χ1n) is 4.81. The average Bonchev–Trinajstić information content (AvgIpc) is 2.62. The number of carbonyl (C=O) groups is 2. The summed E-state index contributed by atoms with van der Waals surface area (Å²) in [7, 11) is 1.79. The molecular weight excluding hydrogens is 208 g/mol. The molecule has 1 aliphatic heterocycles. The van der Waals surface area contributed by atoms with Crippen molar-refractivity contribution in [3.63, 3.8) is 0 Å². The highest BCUT2D eigenvalue weighted by Gasteiger charge is 2.31. The summed E-state index contributed by atoms with van der Waals surface area (Å²) in [6.45, 7) is 0. The summed E-state index contributed by atoms with van der Waals surface area (Å²) in [5, 5.41) is 2.97. The highest BCUT2D eigenvalue weighted by Crippen LogP contribution is 2.30. The van der Waals surface area contributed by atoms with Crippen LogP contribution in [0.4, 0.5) is 16.2 Å². The molecule has 0 atom stereocenters. The van der Waals surface area contributed by atoms with Crippen molar-refractivity contribution in [2.24, 2.45) is 5.84 Å². The Bertz CT molecular complexity index is 458. The molecule has 1 aromatic carbocycles. The molecule has 0 aromatic heterocycles. The van der Waals surface area contributed by atoms with Crippen LogP contribution in [-0.2, 0) is 11.2 Å². The van der Waals surface area contributed by atoms with Gasteiger partial charge in [-0.05, 0) is 23.8 Å².